The van der Waals surface area contributed by atoms with Crippen LogP contribution in [0, 0.1) is 16.7 Å². The van der Waals surface area contributed by atoms with E-state index in [0.717, 1.165) is 17.8 Å². The van der Waals surface area contributed by atoms with Gasteiger partial charge in [0, 0.05) is 12.2 Å². The minimum atomic E-state index is 0.563. The van der Waals surface area contributed by atoms with E-state index in [0.29, 0.717) is 5.41 Å². The molecule has 0 spiro atoms. The molecule has 0 amide bonds. The van der Waals surface area contributed by atoms with Gasteiger partial charge in [-0.1, -0.05) is 6.92 Å². The van der Waals surface area contributed by atoms with E-state index in [2.05, 4.69) is 18.3 Å². The molecule has 0 heterocycles. The topological polar surface area (TPSA) is 35.8 Å². The van der Waals surface area contributed by atoms with Gasteiger partial charge in [0.15, 0.2) is 0 Å². The second kappa shape index (κ2) is 3.94. The number of hydrogen-bond donors (Lipinski definition) is 1. The lowest BCUT2D eigenvalue weighted by Gasteiger charge is -2.14. The number of nitrogens with zero attached hydrogens (tertiary/aromatic N) is 1. The van der Waals surface area contributed by atoms with Crippen LogP contribution in [0.25, 0.3) is 0 Å². The van der Waals surface area contributed by atoms with Crippen LogP contribution in [-0.2, 0) is 0 Å². The molecule has 78 valence electrons. The van der Waals surface area contributed by atoms with Crippen molar-refractivity contribution in [3.8, 4) is 6.07 Å². The van der Waals surface area contributed by atoms with Crippen molar-refractivity contribution in [2.75, 3.05) is 11.9 Å². The number of benzene rings is 1. The SMILES string of the molecule is CCC1(CNc2ccc(C#N)cc2)CC1. The standard InChI is InChI=1S/C13H16N2/c1-2-13(7-8-13)10-15-12-5-3-11(9-14)4-6-12/h3-6,15H,2,7-8,10H2,1H3. The van der Waals surface area contributed by atoms with Gasteiger partial charge < -0.3 is 5.32 Å². The summed E-state index contributed by atoms with van der Waals surface area (Å²) in [5.41, 5.74) is 2.40. The predicted octanol–water partition coefficient (Wildman–Crippen LogP) is 3.16. The molecule has 1 aliphatic carbocycles. The van der Waals surface area contributed by atoms with Crippen LogP contribution in [0.3, 0.4) is 0 Å². The Morgan fingerprint density at radius 1 is 1.33 bits per heavy atom. The summed E-state index contributed by atoms with van der Waals surface area (Å²) in [6.45, 7) is 3.32. The van der Waals surface area contributed by atoms with Gasteiger partial charge in [0.2, 0.25) is 0 Å². The molecule has 0 unspecified atom stereocenters. The molecule has 0 atom stereocenters. The van der Waals surface area contributed by atoms with Crippen molar-refractivity contribution in [2.24, 2.45) is 5.41 Å². The van der Waals surface area contributed by atoms with Crippen LogP contribution >= 0.6 is 0 Å². The molecular weight excluding hydrogens is 184 g/mol. The molecule has 0 aromatic heterocycles. The first-order chi connectivity index (χ1) is 7.28. The molecule has 0 radical (unpaired) electrons. The minimum Gasteiger partial charge on any atom is -0.384 e. The summed E-state index contributed by atoms with van der Waals surface area (Å²) in [5.74, 6) is 0. The van der Waals surface area contributed by atoms with Crippen LogP contribution in [0.15, 0.2) is 24.3 Å². The highest BCUT2D eigenvalue weighted by molar-refractivity contribution is 5.47. The van der Waals surface area contributed by atoms with Gasteiger partial charge >= 0.3 is 0 Å². The summed E-state index contributed by atoms with van der Waals surface area (Å²) in [5, 5.41) is 12.1. The average molecular weight is 200 g/mol. The lowest BCUT2D eigenvalue weighted by atomic mass is 10.0. The van der Waals surface area contributed by atoms with E-state index in [4.69, 9.17) is 5.26 Å². The maximum Gasteiger partial charge on any atom is 0.0991 e. The van der Waals surface area contributed by atoms with Crippen LogP contribution < -0.4 is 5.32 Å². The summed E-state index contributed by atoms with van der Waals surface area (Å²) in [4.78, 5) is 0. The Kier molecular flexibility index (Phi) is 2.64. The fourth-order valence-corrected chi connectivity index (χ4v) is 1.78. The zero-order valence-electron chi connectivity index (χ0n) is 9.09. The summed E-state index contributed by atoms with van der Waals surface area (Å²) < 4.78 is 0. The highest BCUT2D eigenvalue weighted by atomic mass is 14.9. The lowest BCUT2D eigenvalue weighted by Crippen LogP contribution is -2.14. The van der Waals surface area contributed by atoms with Crippen molar-refractivity contribution in [3.05, 3.63) is 29.8 Å². The number of nitrogens with one attached hydrogen (secondary N) is 1. The van der Waals surface area contributed by atoms with Crippen molar-refractivity contribution in [3.63, 3.8) is 0 Å². The first-order valence-electron chi connectivity index (χ1n) is 5.52. The van der Waals surface area contributed by atoms with Gasteiger partial charge in [0.05, 0.1) is 11.6 Å². The zero-order chi connectivity index (χ0) is 10.7. The third-order valence-corrected chi connectivity index (χ3v) is 3.39. The predicted molar refractivity (Wildman–Crippen MR) is 61.6 cm³/mol. The monoisotopic (exact) mass is 200 g/mol. The molecule has 1 fully saturated rings. The molecule has 0 saturated heterocycles. The minimum absolute atomic E-state index is 0.563. The highest BCUT2D eigenvalue weighted by Crippen LogP contribution is 2.48. The summed E-state index contributed by atoms with van der Waals surface area (Å²) in [6, 6.07) is 9.79. The van der Waals surface area contributed by atoms with E-state index < -0.39 is 0 Å². The average Bonchev–Trinajstić information content (AvgIpc) is 3.08. The Labute approximate surface area is 90.9 Å². The Balaban J connectivity index is 1.91. The van der Waals surface area contributed by atoms with Gasteiger partial charge in [-0.2, -0.15) is 5.26 Å². The molecule has 2 rings (SSSR count). The van der Waals surface area contributed by atoms with E-state index >= 15 is 0 Å². The number of nitriles is 1. The van der Waals surface area contributed by atoms with Gasteiger partial charge in [-0.05, 0) is 48.9 Å². The normalized spacial score (nSPS) is 16.8. The molecule has 1 N–H and O–H groups in total. The lowest BCUT2D eigenvalue weighted by molar-refractivity contribution is 0.521. The first kappa shape index (κ1) is 10.0. The second-order valence-corrected chi connectivity index (χ2v) is 4.40. The van der Waals surface area contributed by atoms with Crippen LogP contribution in [0.4, 0.5) is 5.69 Å². The van der Waals surface area contributed by atoms with Gasteiger partial charge in [-0.3, -0.25) is 0 Å². The van der Waals surface area contributed by atoms with Crippen molar-refractivity contribution < 1.29 is 0 Å². The van der Waals surface area contributed by atoms with E-state index in [9.17, 15) is 0 Å². The van der Waals surface area contributed by atoms with Crippen molar-refractivity contribution in [1.82, 2.24) is 0 Å². The first-order valence-corrected chi connectivity index (χ1v) is 5.52. The van der Waals surface area contributed by atoms with Crippen molar-refractivity contribution in [2.45, 2.75) is 26.2 Å². The third kappa shape index (κ3) is 2.30. The smallest absolute Gasteiger partial charge is 0.0991 e. The zero-order valence-corrected chi connectivity index (χ0v) is 9.09. The number of rotatable bonds is 4. The highest BCUT2D eigenvalue weighted by Gasteiger charge is 2.40. The molecule has 1 aliphatic rings. The molecular formula is C13H16N2. The Morgan fingerprint density at radius 3 is 2.47 bits per heavy atom. The van der Waals surface area contributed by atoms with Gasteiger partial charge in [0.25, 0.3) is 0 Å². The fraction of sp³-hybridized carbons (Fsp3) is 0.462. The van der Waals surface area contributed by atoms with Gasteiger partial charge in [-0.25, -0.2) is 0 Å². The van der Waals surface area contributed by atoms with E-state index in [1.165, 1.54) is 19.3 Å². The molecule has 1 saturated carbocycles. The van der Waals surface area contributed by atoms with Crippen LogP contribution in [-0.4, -0.2) is 6.54 Å². The molecule has 1 aromatic rings. The fourth-order valence-electron chi connectivity index (χ4n) is 1.78. The summed E-state index contributed by atoms with van der Waals surface area (Å²) in [6.07, 6.45) is 3.97. The van der Waals surface area contributed by atoms with Crippen LogP contribution in [0.2, 0.25) is 0 Å². The van der Waals surface area contributed by atoms with E-state index in [1.807, 2.05) is 24.3 Å². The van der Waals surface area contributed by atoms with Crippen molar-refractivity contribution in [1.29, 1.82) is 5.26 Å². The molecule has 2 nitrogen and oxygen atoms in total. The number of anilines is 1. The van der Waals surface area contributed by atoms with Crippen LogP contribution in [0.1, 0.15) is 31.7 Å². The van der Waals surface area contributed by atoms with E-state index in [-0.39, 0.29) is 0 Å². The summed E-state index contributed by atoms with van der Waals surface area (Å²) >= 11 is 0. The molecule has 0 aliphatic heterocycles. The summed E-state index contributed by atoms with van der Waals surface area (Å²) in [7, 11) is 0. The molecule has 0 bridgehead atoms. The van der Waals surface area contributed by atoms with E-state index in [1.54, 1.807) is 0 Å². The van der Waals surface area contributed by atoms with Crippen molar-refractivity contribution >= 4 is 5.69 Å². The quantitative estimate of drug-likeness (QED) is 0.810. The van der Waals surface area contributed by atoms with Gasteiger partial charge in [0.1, 0.15) is 0 Å². The number of hydrogen-bond acceptors (Lipinski definition) is 2. The second-order valence-electron chi connectivity index (χ2n) is 4.40. The maximum absolute atomic E-state index is 8.67. The van der Waals surface area contributed by atoms with Crippen LogP contribution in [0.5, 0.6) is 0 Å². The Bertz CT molecular complexity index is 369. The maximum atomic E-state index is 8.67. The Hall–Kier alpha value is -1.49. The largest absolute Gasteiger partial charge is 0.384 e. The molecule has 2 heteroatoms. The Morgan fingerprint density at radius 2 is 2.00 bits per heavy atom. The molecule has 1 aromatic carbocycles. The molecule has 15 heavy (non-hydrogen) atoms. The third-order valence-electron chi connectivity index (χ3n) is 3.39. The van der Waals surface area contributed by atoms with Gasteiger partial charge in [-0.15, -0.1) is 0 Å².